The Morgan fingerprint density at radius 1 is 1.03 bits per heavy atom. The largest absolute Gasteiger partial charge is 0.662 e. The second-order valence-electron chi connectivity index (χ2n) is 10.7. The van der Waals surface area contributed by atoms with Crippen LogP contribution in [0.3, 0.4) is 0 Å². The van der Waals surface area contributed by atoms with E-state index in [1.165, 1.54) is 37.9 Å². The second kappa shape index (κ2) is 8.56. The van der Waals surface area contributed by atoms with E-state index in [-0.39, 0.29) is 5.41 Å². The van der Waals surface area contributed by atoms with Crippen LogP contribution in [0.15, 0.2) is 72.4 Å². The van der Waals surface area contributed by atoms with Crippen LogP contribution in [0.4, 0.5) is 0 Å². The Hall–Kier alpha value is -3.17. The molecule has 0 saturated heterocycles. The number of thiophene rings is 1. The van der Waals surface area contributed by atoms with Gasteiger partial charge in [0.1, 0.15) is 6.72 Å². The molecule has 0 atom stereocenters. The van der Waals surface area contributed by atoms with Gasteiger partial charge in [-0.1, -0.05) is 64.5 Å². The Labute approximate surface area is 206 Å². The van der Waals surface area contributed by atoms with Gasteiger partial charge in [0.2, 0.25) is 5.69 Å². The Kier molecular flexibility index (Phi) is 5.69. The molecule has 0 spiro atoms. The fraction of sp³-hybridized carbons (Fsp3) is 0.258. The van der Waals surface area contributed by atoms with Crippen molar-refractivity contribution < 1.29 is 4.24 Å². The second-order valence-corrected chi connectivity index (χ2v) is 11.6. The zero-order valence-corrected chi connectivity index (χ0v) is 21.5. The molecule has 1 aliphatic rings. The molecule has 0 fully saturated rings. The highest BCUT2D eigenvalue weighted by Gasteiger charge is 2.20. The molecule has 5 rings (SSSR count). The number of fused-ring (bicyclic) bond motifs is 2. The zero-order valence-electron chi connectivity index (χ0n) is 20.7. The van der Waals surface area contributed by atoms with Crippen LogP contribution in [-0.4, -0.2) is 0 Å². The van der Waals surface area contributed by atoms with Crippen molar-refractivity contribution in [2.24, 2.45) is 5.92 Å². The molecule has 172 valence electrons. The van der Waals surface area contributed by atoms with E-state index in [1.807, 2.05) is 4.24 Å². The molecule has 2 aromatic heterocycles. The molecule has 0 N–H and O–H groups in total. The third kappa shape index (κ3) is 4.10. The van der Waals surface area contributed by atoms with Gasteiger partial charge in [0, 0.05) is 22.6 Å². The summed E-state index contributed by atoms with van der Waals surface area (Å²) in [5, 5.41) is 10.8. The Balaban J connectivity index is 1.71. The van der Waals surface area contributed by atoms with Crippen molar-refractivity contribution in [3.05, 3.63) is 106 Å². The van der Waals surface area contributed by atoms with Gasteiger partial charge in [-0.05, 0) is 68.5 Å². The van der Waals surface area contributed by atoms with Crippen LogP contribution in [0.5, 0.6) is 0 Å². The fourth-order valence-corrected chi connectivity index (χ4v) is 5.78. The summed E-state index contributed by atoms with van der Waals surface area (Å²) in [7, 11) is 0. The molecule has 2 aromatic carbocycles. The number of allylic oxidation sites excluding steroid dienone is 1. The maximum absolute atomic E-state index is 4.95. The summed E-state index contributed by atoms with van der Waals surface area (Å²) < 4.78 is 1.97. The van der Waals surface area contributed by atoms with Crippen molar-refractivity contribution in [1.29, 1.82) is 0 Å². The van der Waals surface area contributed by atoms with Crippen LogP contribution in [0.2, 0.25) is 0 Å². The number of nitrogens with zero attached hydrogens (tertiary/aromatic N) is 2. The maximum atomic E-state index is 4.95. The van der Waals surface area contributed by atoms with Crippen LogP contribution in [-0.2, 0) is 5.41 Å². The van der Waals surface area contributed by atoms with E-state index >= 15 is 0 Å². The average molecular weight is 465 g/mol. The molecule has 0 saturated carbocycles. The smallest absolute Gasteiger partial charge is 0.217 e. The Bertz CT molecular complexity index is 1530. The van der Waals surface area contributed by atoms with Crippen LogP contribution in [0.25, 0.3) is 38.6 Å². The van der Waals surface area contributed by atoms with E-state index in [1.54, 1.807) is 11.3 Å². The molecular formula is C31H32N2S. The third-order valence-corrected chi connectivity index (χ3v) is 7.40. The van der Waals surface area contributed by atoms with Crippen LogP contribution < -0.4 is 9.46 Å². The first-order chi connectivity index (χ1) is 16.2. The lowest BCUT2D eigenvalue weighted by Gasteiger charge is -2.30. The summed E-state index contributed by atoms with van der Waals surface area (Å²) in [6, 6.07) is 19.9. The molecule has 3 heteroatoms. The van der Waals surface area contributed by atoms with E-state index in [4.69, 9.17) is 5.32 Å². The van der Waals surface area contributed by atoms with E-state index in [0.717, 1.165) is 23.0 Å². The molecule has 2 nitrogen and oxygen atoms in total. The molecule has 3 heterocycles. The first-order valence-electron chi connectivity index (χ1n) is 12.0. The molecule has 34 heavy (non-hydrogen) atoms. The van der Waals surface area contributed by atoms with Gasteiger partial charge in [0.15, 0.2) is 6.20 Å². The van der Waals surface area contributed by atoms with Gasteiger partial charge in [-0.25, -0.2) is 0 Å². The minimum atomic E-state index is 0.0379. The standard InChI is InChI=1S/C31H32N2S/c1-20(2)15-24-19-32-29(30-26(24)12-14-34-30)22-11-13-33(6)28(18-22)23-16-21-9-7-8-10-25(21)27(17-23)31(3,4)5/h7-14,16-20H,6,15H2,1-5H3. The molecule has 4 aromatic rings. The number of hydrogen-bond donors (Lipinski definition) is 0. The van der Waals surface area contributed by atoms with Crippen LogP contribution in [0, 0.1) is 12.6 Å². The Morgan fingerprint density at radius 3 is 2.59 bits per heavy atom. The highest BCUT2D eigenvalue weighted by molar-refractivity contribution is 7.11. The van der Waals surface area contributed by atoms with Crippen molar-refractivity contribution in [3.63, 3.8) is 0 Å². The first-order valence-corrected chi connectivity index (χ1v) is 12.9. The van der Waals surface area contributed by atoms with Gasteiger partial charge in [-0.3, -0.25) is 0 Å². The van der Waals surface area contributed by atoms with Gasteiger partial charge in [0.05, 0.1) is 0 Å². The first kappa shape index (κ1) is 22.6. The number of rotatable bonds is 3. The highest BCUT2D eigenvalue weighted by Crippen LogP contribution is 2.40. The molecule has 1 aliphatic heterocycles. The number of aromatic nitrogens is 1. The van der Waals surface area contributed by atoms with E-state index < -0.39 is 0 Å². The van der Waals surface area contributed by atoms with Gasteiger partial charge in [-0.2, -0.15) is 10.4 Å². The number of pyridine rings is 1. The van der Waals surface area contributed by atoms with Crippen molar-refractivity contribution in [2.75, 3.05) is 0 Å². The van der Waals surface area contributed by atoms with E-state index in [2.05, 4.69) is 114 Å². The summed E-state index contributed by atoms with van der Waals surface area (Å²) >= 11 is 1.78. The Morgan fingerprint density at radius 2 is 1.82 bits per heavy atom. The summed E-state index contributed by atoms with van der Waals surface area (Å²) in [6.45, 7) is 15.7. The lowest BCUT2D eigenvalue weighted by atomic mass is 9.82. The summed E-state index contributed by atoms with van der Waals surface area (Å²) in [4.78, 5) is 1.26. The number of hydrogen-bond acceptors (Lipinski definition) is 1. The van der Waals surface area contributed by atoms with Crippen molar-refractivity contribution >= 4 is 33.4 Å². The monoisotopic (exact) mass is 464 g/mol. The van der Waals surface area contributed by atoms with Crippen molar-refractivity contribution in [1.82, 2.24) is 0 Å². The van der Waals surface area contributed by atoms with Gasteiger partial charge in [-0.15, -0.1) is 17.0 Å². The quantitative estimate of drug-likeness (QED) is 0.277. The van der Waals surface area contributed by atoms with Crippen molar-refractivity contribution in [2.45, 2.75) is 46.5 Å². The normalized spacial score (nSPS) is 15.3. The summed E-state index contributed by atoms with van der Waals surface area (Å²) in [5.41, 5.74) is 7.38. The predicted octanol–water partition coefficient (Wildman–Crippen LogP) is 7.72. The molecular weight excluding hydrogens is 432 g/mol. The molecule has 0 amide bonds. The topological polar surface area (TPSA) is 20.0 Å². The van der Waals surface area contributed by atoms with Gasteiger partial charge in [0.25, 0.3) is 0 Å². The minimum Gasteiger partial charge on any atom is -0.662 e. The van der Waals surface area contributed by atoms with Crippen molar-refractivity contribution in [3.8, 4) is 11.3 Å². The summed E-state index contributed by atoms with van der Waals surface area (Å²) in [6.07, 6.45) is 5.18. The molecule has 0 radical (unpaired) electrons. The SMILES string of the molecule is C=[n+]1ccc(=C2[N-]C=C(CC(C)C)c3ccsc32)cc1-c1cc(C(C)(C)C)c2ccccc2c1. The van der Waals surface area contributed by atoms with Crippen LogP contribution >= 0.6 is 11.3 Å². The van der Waals surface area contributed by atoms with E-state index in [0.29, 0.717) is 5.92 Å². The fourth-order valence-electron chi connectivity index (χ4n) is 4.83. The van der Waals surface area contributed by atoms with Crippen LogP contribution in [0.1, 0.15) is 57.0 Å². The van der Waals surface area contributed by atoms with Gasteiger partial charge >= 0.3 is 0 Å². The molecule has 0 bridgehead atoms. The summed E-state index contributed by atoms with van der Waals surface area (Å²) in [5.74, 6) is 0.606. The van der Waals surface area contributed by atoms with E-state index in [9.17, 15) is 0 Å². The zero-order chi connectivity index (χ0) is 24.0. The third-order valence-electron chi connectivity index (χ3n) is 6.48. The lowest BCUT2D eigenvalue weighted by Crippen LogP contribution is -2.22. The lowest BCUT2D eigenvalue weighted by molar-refractivity contribution is -0.486. The predicted molar refractivity (Wildman–Crippen MR) is 146 cm³/mol. The average Bonchev–Trinajstić information content (AvgIpc) is 3.29. The maximum Gasteiger partial charge on any atom is 0.217 e. The number of benzene rings is 2. The molecule has 0 aliphatic carbocycles. The van der Waals surface area contributed by atoms with Gasteiger partial charge < -0.3 is 5.32 Å². The minimum absolute atomic E-state index is 0.0379. The highest BCUT2D eigenvalue weighted by atomic mass is 32.1. The molecule has 0 unspecified atom stereocenters.